The van der Waals surface area contributed by atoms with Crippen LogP contribution >= 0.6 is 0 Å². The molecule has 152 valence electrons. The molecule has 8 nitrogen and oxygen atoms in total. The minimum absolute atomic E-state index is 0.0624. The van der Waals surface area contributed by atoms with Gasteiger partial charge >= 0.3 is 6.03 Å². The molecule has 9 heteroatoms. The van der Waals surface area contributed by atoms with Crippen LogP contribution in [0.3, 0.4) is 0 Å². The van der Waals surface area contributed by atoms with Crippen LogP contribution in [-0.2, 0) is 0 Å². The van der Waals surface area contributed by atoms with Crippen LogP contribution in [0, 0.1) is 0 Å². The van der Waals surface area contributed by atoms with Gasteiger partial charge < -0.3 is 25.8 Å². The van der Waals surface area contributed by atoms with Crippen molar-refractivity contribution in [3.63, 3.8) is 0 Å². The summed E-state index contributed by atoms with van der Waals surface area (Å²) in [6.07, 6.45) is 4.70. The highest BCUT2D eigenvalue weighted by Crippen LogP contribution is 2.19. The molecule has 3 N–H and O–H groups in total. The van der Waals surface area contributed by atoms with Gasteiger partial charge in [0.25, 0.3) is 0 Å². The van der Waals surface area contributed by atoms with E-state index in [2.05, 4.69) is 30.8 Å². The molecule has 3 rings (SSSR count). The molecular formula is C20H28BN7O. The predicted octanol–water partition coefficient (Wildman–Crippen LogP) is 2.01. The quantitative estimate of drug-likeness (QED) is 0.470. The van der Waals surface area contributed by atoms with E-state index in [1.807, 2.05) is 43.3 Å². The number of nitrogens with one attached hydrogen (secondary N) is 3. The summed E-state index contributed by atoms with van der Waals surface area (Å²) < 4.78 is 0. The first-order valence-corrected chi connectivity index (χ1v) is 9.95. The van der Waals surface area contributed by atoms with E-state index in [4.69, 9.17) is 7.85 Å². The van der Waals surface area contributed by atoms with Gasteiger partial charge in [0.05, 0.1) is 0 Å². The number of nitrogens with zero attached hydrogens (tertiary/aromatic N) is 4. The summed E-state index contributed by atoms with van der Waals surface area (Å²) in [6, 6.07) is 7.43. The van der Waals surface area contributed by atoms with Gasteiger partial charge in [0.1, 0.15) is 13.7 Å². The molecule has 0 atom stereocenters. The monoisotopic (exact) mass is 393 g/mol. The molecule has 1 aliphatic heterocycles. The second-order valence-electron chi connectivity index (χ2n) is 7.41. The van der Waals surface area contributed by atoms with E-state index in [-0.39, 0.29) is 6.03 Å². The number of carbonyl (C=O) groups excluding carboxylic acids is 1. The van der Waals surface area contributed by atoms with Gasteiger partial charge in [0.2, 0.25) is 5.95 Å². The molecule has 0 aliphatic carbocycles. The van der Waals surface area contributed by atoms with Crippen molar-refractivity contribution in [2.45, 2.75) is 19.3 Å². The largest absolute Gasteiger partial charge is 0.370 e. The highest BCUT2D eigenvalue weighted by Gasteiger charge is 2.17. The SMILES string of the molecule is [B]c1cnc(Nc2cccc(NC(=O)N3CCCC3)c2)nc1NCCCN(C)C. The molecule has 1 fully saturated rings. The number of hydrogen-bond donors (Lipinski definition) is 3. The van der Waals surface area contributed by atoms with E-state index in [1.165, 1.54) is 0 Å². The molecule has 1 aliphatic rings. The number of carbonyl (C=O) groups is 1. The molecule has 29 heavy (non-hydrogen) atoms. The molecule has 0 bridgehead atoms. The molecule has 2 radical (unpaired) electrons. The second-order valence-corrected chi connectivity index (χ2v) is 7.41. The fourth-order valence-electron chi connectivity index (χ4n) is 3.12. The maximum atomic E-state index is 12.3. The van der Waals surface area contributed by atoms with Crippen LogP contribution in [0.1, 0.15) is 19.3 Å². The molecule has 0 saturated carbocycles. The van der Waals surface area contributed by atoms with E-state index >= 15 is 0 Å². The molecular weight excluding hydrogens is 365 g/mol. The topological polar surface area (TPSA) is 85.4 Å². The zero-order valence-corrected chi connectivity index (χ0v) is 17.1. The summed E-state index contributed by atoms with van der Waals surface area (Å²) in [4.78, 5) is 25.0. The van der Waals surface area contributed by atoms with Crippen molar-refractivity contribution in [2.75, 3.05) is 56.2 Å². The summed E-state index contributed by atoms with van der Waals surface area (Å²) in [5.74, 6) is 1.05. The minimum Gasteiger partial charge on any atom is -0.370 e. The Balaban J connectivity index is 1.60. The normalized spacial score (nSPS) is 13.6. The summed E-state index contributed by atoms with van der Waals surface area (Å²) in [5.41, 5.74) is 2.02. The van der Waals surface area contributed by atoms with Crippen LogP contribution in [0.5, 0.6) is 0 Å². The maximum Gasteiger partial charge on any atom is 0.321 e. The Bertz CT molecular complexity index is 824. The van der Waals surface area contributed by atoms with E-state index < -0.39 is 0 Å². The highest BCUT2D eigenvalue weighted by atomic mass is 16.2. The summed E-state index contributed by atoms with van der Waals surface area (Å²) >= 11 is 0. The predicted molar refractivity (Wildman–Crippen MR) is 119 cm³/mol. The second kappa shape index (κ2) is 10.1. The van der Waals surface area contributed by atoms with Crippen LogP contribution in [0.25, 0.3) is 0 Å². The number of likely N-dealkylation sites (tertiary alicyclic amines) is 1. The van der Waals surface area contributed by atoms with Crippen LogP contribution < -0.4 is 21.4 Å². The Morgan fingerprint density at radius 3 is 2.76 bits per heavy atom. The molecule has 2 amide bonds. The van der Waals surface area contributed by atoms with Gasteiger partial charge in [-0.3, -0.25) is 0 Å². The number of rotatable bonds is 8. The van der Waals surface area contributed by atoms with Gasteiger partial charge in [-0.25, -0.2) is 9.78 Å². The number of hydrogen-bond acceptors (Lipinski definition) is 6. The molecule has 2 heterocycles. The first-order valence-electron chi connectivity index (χ1n) is 9.95. The summed E-state index contributed by atoms with van der Waals surface area (Å²) in [5, 5.41) is 9.37. The zero-order chi connectivity index (χ0) is 20.6. The fourth-order valence-corrected chi connectivity index (χ4v) is 3.12. The molecule has 1 aromatic heterocycles. The summed E-state index contributed by atoms with van der Waals surface area (Å²) in [7, 11) is 10.1. The van der Waals surface area contributed by atoms with Gasteiger partial charge in [-0.1, -0.05) is 6.07 Å². The lowest BCUT2D eigenvalue weighted by Crippen LogP contribution is -2.32. The molecule has 1 aromatic carbocycles. The van der Waals surface area contributed by atoms with Crippen molar-refractivity contribution in [3.8, 4) is 0 Å². The maximum absolute atomic E-state index is 12.3. The highest BCUT2D eigenvalue weighted by molar-refractivity contribution is 6.35. The third kappa shape index (κ3) is 6.35. The lowest BCUT2D eigenvalue weighted by atomic mass is 9.99. The number of amides is 2. The first-order chi connectivity index (χ1) is 14.0. The third-order valence-corrected chi connectivity index (χ3v) is 4.65. The minimum atomic E-state index is -0.0624. The van der Waals surface area contributed by atoms with Gasteiger partial charge in [-0.15, -0.1) is 0 Å². The van der Waals surface area contributed by atoms with Crippen LogP contribution in [0.2, 0.25) is 0 Å². The number of benzene rings is 1. The average Bonchev–Trinajstić information content (AvgIpc) is 3.23. The van der Waals surface area contributed by atoms with E-state index in [9.17, 15) is 4.79 Å². The van der Waals surface area contributed by atoms with Gasteiger partial charge in [0.15, 0.2) is 0 Å². The van der Waals surface area contributed by atoms with Crippen molar-refractivity contribution in [2.24, 2.45) is 0 Å². The van der Waals surface area contributed by atoms with E-state index in [0.29, 0.717) is 17.2 Å². The number of urea groups is 1. The first kappa shape index (κ1) is 20.9. The molecule has 0 unspecified atom stereocenters. The Hall–Kier alpha value is -2.81. The van der Waals surface area contributed by atoms with Gasteiger partial charge in [-0.05, 0) is 63.6 Å². The smallest absolute Gasteiger partial charge is 0.321 e. The Morgan fingerprint density at radius 2 is 2.00 bits per heavy atom. The van der Waals surface area contributed by atoms with Crippen LogP contribution in [0.15, 0.2) is 30.5 Å². The Labute approximate surface area is 173 Å². The molecule has 2 aromatic rings. The van der Waals surface area contributed by atoms with Crippen molar-refractivity contribution in [1.82, 2.24) is 19.8 Å². The Morgan fingerprint density at radius 1 is 1.24 bits per heavy atom. The van der Waals surface area contributed by atoms with Crippen molar-refractivity contribution < 1.29 is 4.79 Å². The lowest BCUT2D eigenvalue weighted by molar-refractivity contribution is 0.222. The average molecular weight is 393 g/mol. The van der Waals surface area contributed by atoms with Gasteiger partial charge in [-0.2, -0.15) is 4.98 Å². The summed E-state index contributed by atoms with van der Waals surface area (Å²) in [6.45, 7) is 3.39. The van der Waals surface area contributed by atoms with E-state index in [0.717, 1.165) is 56.8 Å². The van der Waals surface area contributed by atoms with Gasteiger partial charge in [0, 0.05) is 37.2 Å². The zero-order valence-electron chi connectivity index (χ0n) is 17.1. The standard InChI is InChI=1S/C20H28BN7O/c1-27(2)10-6-9-22-18-17(21)14-23-19(26-18)24-15-7-5-8-16(13-15)25-20(29)28-11-3-4-12-28/h5,7-8,13-14H,3-4,6,9-12H2,1-2H3,(H,25,29)(H2,22,23,24,26). The third-order valence-electron chi connectivity index (χ3n) is 4.65. The number of anilines is 4. The van der Waals surface area contributed by atoms with E-state index in [1.54, 1.807) is 6.20 Å². The van der Waals surface area contributed by atoms with Crippen LogP contribution in [-0.4, -0.2) is 73.9 Å². The fraction of sp³-hybridized carbons (Fsp3) is 0.450. The lowest BCUT2D eigenvalue weighted by Gasteiger charge is -2.17. The van der Waals surface area contributed by atoms with Crippen LogP contribution in [0.4, 0.5) is 27.9 Å². The van der Waals surface area contributed by atoms with Crippen molar-refractivity contribution in [1.29, 1.82) is 0 Å². The molecule has 0 spiro atoms. The van der Waals surface area contributed by atoms with Crippen molar-refractivity contribution in [3.05, 3.63) is 30.5 Å². The van der Waals surface area contributed by atoms with Crippen molar-refractivity contribution >= 4 is 42.5 Å². The Kier molecular flexibility index (Phi) is 7.29. The molecule has 1 saturated heterocycles. The number of aromatic nitrogens is 2.